The highest BCUT2D eigenvalue weighted by Crippen LogP contribution is 2.40. The van der Waals surface area contributed by atoms with E-state index >= 15 is 4.39 Å². The van der Waals surface area contributed by atoms with E-state index in [9.17, 15) is 9.59 Å². The van der Waals surface area contributed by atoms with Gasteiger partial charge in [0.05, 0.1) is 16.9 Å². The van der Waals surface area contributed by atoms with Crippen LogP contribution >= 0.6 is 0 Å². The second-order valence-corrected chi connectivity index (χ2v) is 14.3. The zero-order valence-corrected chi connectivity index (χ0v) is 30.2. The number of carbonyl (C=O) groups is 2. The fraction of sp³-hybridized carbons (Fsp3) is 0.357. The maximum atomic E-state index is 15.3. The molecule has 0 unspecified atom stereocenters. The Labute approximate surface area is 309 Å². The summed E-state index contributed by atoms with van der Waals surface area (Å²) in [5.74, 6) is 1.15. The summed E-state index contributed by atoms with van der Waals surface area (Å²) < 4.78 is 27.4. The predicted molar refractivity (Wildman–Crippen MR) is 203 cm³/mol. The Morgan fingerprint density at radius 2 is 1.72 bits per heavy atom. The number of halogens is 1. The molecular formula is C42H45FN6O4. The lowest BCUT2D eigenvalue weighted by molar-refractivity contribution is -0.117. The molecule has 2 atom stereocenters. The highest BCUT2D eigenvalue weighted by atomic mass is 19.1. The predicted octanol–water partition coefficient (Wildman–Crippen LogP) is 9.30. The first-order valence-corrected chi connectivity index (χ1v) is 18.5. The van der Waals surface area contributed by atoms with Gasteiger partial charge in [0.1, 0.15) is 18.2 Å². The van der Waals surface area contributed by atoms with E-state index in [1.165, 1.54) is 12.5 Å². The van der Waals surface area contributed by atoms with Crippen molar-refractivity contribution in [3.63, 3.8) is 0 Å². The SMILES string of the molecule is Cc1ccc2c(NC(=O)CC3CCCCC3)c(F)ccc2c1Oc1ncccc1-c1ccnc(N[C@H]2C[C@@H](C)CN(C(=O)OCc3ccccc3)C2)n1. The van der Waals surface area contributed by atoms with Gasteiger partial charge in [-0.3, -0.25) is 4.79 Å². The molecule has 10 nitrogen and oxygen atoms in total. The number of nitrogens with zero attached hydrogens (tertiary/aromatic N) is 4. The smallest absolute Gasteiger partial charge is 0.410 e. The van der Waals surface area contributed by atoms with Crippen LogP contribution < -0.4 is 15.4 Å². The number of likely N-dealkylation sites (tertiary alicyclic amines) is 1. The average molecular weight is 717 g/mol. The number of amides is 2. The Bertz CT molecular complexity index is 2070. The number of piperidine rings is 1. The number of fused-ring (bicyclic) bond motifs is 1. The Morgan fingerprint density at radius 1 is 0.906 bits per heavy atom. The second kappa shape index (κ2) is 16.4. The van der Waals surface area contributed by atoms with Gasteiger partial charge in [-0.25, -0.2) is 24.1 Å². The molecule has 7 rings (SSSR count). The van der Waals surface area contributed by atoms with Crippen molar-refractivity contribution in [2.45, 2.75) is 71.4 Å². The Kier molecular flexibility index (Phi) is 11.1. The van der Waals surface area contributed by atoms with Gasteiger partial charge in [-0.1, -0.05) is 68.7 Å². The Hall–Kier alpha value is -5.58. The summed E-state index contributed by atoms with van der Waals surface area (Å²) in [6.07, 6.45) is 9.73. The summed E-state index contributed by atoms with van der Waals surface area (Å²) in [5.41, 5.74) is 3.14. The maximum Gasteiger partial charge on any atom is 0.410 e. The standard InChI is InChI=1S/C42H45FN6O4/c1-27-22-31(25-49(24-27)42(51)52-26-30-12-7-4-8-13-30)46-41-45-21-19-36(47-41)34-14-9-20-44-40(34)53-39-28(2)15-16-32-33(39)17-18-35(43)38(32)48-37(50)23-29-10-5-3-6-11-29/h4,7-9,12-21,27,29,31H,3,5-6,10-11,22-26H2,1-2H3,(H,48,50)(H,45,46,47)/t27-,31+/m1/s1. The first-order chi connectivity index (χ1) is 25.8. The molecule has 0 radical (unpaired) electrons. The van der Waals surface area contributed by atoms with Crippen molar-refractivity contribution in [3.05, 3.63) is 102 Å². The van der Waals surface area contributed by atoms with Gasteiger partial charge in [-0.05, 0) is 79.5 Å². The van der Waals surface area contributed by atoms with Crippen LogP contribution in [0.15, 0.2) is 85.2 Å². The number of aryl methyl sites for hydroxylation is 1. The molecule has 5 aromatic rings. The molecule has 2 aromatic heterocycles. The molecule has 2 aliphatic rings. The number of hydrogen-bond acceptors (Lipinski definition) is 8. The van der Waals surface area contributed by atoms with E-state index in [0.29, 0.717) is 65.0 Å². The Balaban J connectivity index is 1.08. The first-order valence-electron chi connectivity index (χ1n) is 18.5. The maximum absolute atomic E-state index is 15.3. The summed E-state index contributed by atoms with van der Waals surface area (Å²) in [7, 11) is 0. The number of ether oxygens (including phenoxy) is 2. The lowest BCUT2D eigenvalue weighted by Crippen LogP contribution is -2.48. The van der Waals surface area contributed by atoms with E-state index in [1.807, 2.05) is 61.5 Å². The topological polar surface area (TPSA) is 119 Å². The van der Waals surface area contributed by atoms with Crippen molar-refractivity contribution >= 4 is 34.4 Å². The number of rotatable bonds is 10. The zero-order valence-electron chi connectivity index (χ0n) is 30.2. The van der Waals surface area contributed by atoms with Gasteiger partial charge >= 0.3 is 6.09 Å². The number of aromatic nitrogens is 3. The number of anilines is 2. The molecule has 3 heterocycles. The number of nitrogens with one attached hydrogen (secondary N) is 2. The quantitative estimate of drug-likeness (QED) is 0.147. The molecule has 3 aromatic carbocycles. The van der Waals surface area contributed by atoms with Gasteiger partial charge in [-0.15, -0.1) is 0 Å². The van der Waals surface area contributed by atoms with E-state index < -0.39 is 5.82 Å². The van der Waals surface area contributed by atoms with Crippen LogP contribution in [0.4, 0.5) is 20.8 Å². The molecule has 2 N–H and O–H groups in total. The lowest BCUT2D eigenvalue weighted by Gasteiger charge is -2.36. The van der Waals surface area contributed by atoms with Crippen LogP contribution in [0.3, 0.4) is 0 Å². The molecule has 0 spiro atoms. The molecule has 11 heteroatoms. The minimum atomic E-state index is -0.497. The lowest BCUT2D eigenvalue weighted by atomic mass is 9.87. The van der Waals surface area contributed by atoms with Gasteiger partial charge in [0.25, 0.3) is 0 Å². The molecule has 1 aliphatic carbocycles. The van der Waals surface area contributed by atoms with Gasteiger partial charge in [0.2, 0.25) is 17.7 Å². The number of carbonyl (C=O) groups excluding carboxylic acids is 2. The molecule has 1 saturated heterocycles. The molecule has 1 saturated carbocycles. The fourth-order valence-electron chi connectivity index (χ4n) is 7.51. The van der Waals surface area contributed by atoms with Gasteiger partial charge in [0, 0.05) is 48.7 Å². The van der Waals surface area contributed by atoms with E-state index in [4.69, 9.17) is 14.5 Å². The van der Waals surface area contributed by atoms with Crippen LogP contribution in [0.25, 0.3) is 22.0 Å². The summed E-state index contributed by atoms with van der Waals surface area (Å²) in [5, 5.41) is 7.51. The van der Waals surface area contributed by atoms with Gasteiger partial charge < -0.3 is 25.0 Å². The van der Waals surface area contributed by atoms with Gasteiger partial charge in [-0.2, -0.15) is 0 Å². The Morgan fingerprint density at radius 3 is 2.55 bits per heavy atom. The highest BCUT2D eigenvalue weighted by Gasteiger charge is 2.29. The summed E-state index contributed by atoms with van der Waals surface area (Å²) in [6.45, 7) is 5.31. The van der Waals surface area contributed by atoms with Crippen molar-refractivity contribution < 1.29 is 23.5 Å². The first kappa shape index (κ1) is 35.8. The van der Waals surface area contributed by atoms with Crippen LogP contribution in [-0.4, -0.2) is 51.0 Å². The third-order valence-corrected chi connectivity index (χ3v) is 10.1. The van der Waals surface area contributed by atoms with E-state index in [0.717, 1.165) is 43.2 Å². The van der Waals surface area contributed by atoms with Crippen molar-refractivity contribution in [1.82, 2.24) is 19.9 Å². The second-order valence-electron chi connectivity index (χ2n) is 14.3. The van der Waals surface area contributed by atoms with Crippen LogP contribution in [0.5, 0.6) is 11.6 Å². The molecular weight excluding hydrogens is 671 g/mol. The summed E-state index contributed by atoms with van der Waals surface area (Å²) in [4.78, 5) is 41.7. The van der Waals surface area contributed by atoms with E-state index in [2.05, 4.69) is 27.5 Å². The van der Waals surface area contributed by atoms with Crippen molar-refractivity contribution in [2.24, 2.45) is 11.8 Å². The van der Waals surface area contributed by atoms with E-state index in [-0.39, 0.29) is 36.3 Å². The van der Waals surface area contributed by atoms with Crippen molar-refractivity contribution in [3.8, 4) is 22.9 Å². The van der Waals surface area contributed by atoms with Crippen LogP contribution in [-0.2, 0) is 16.1 Å². The zero-order chi connectivity index (χ0) is 36.7. The fourth-order valence-corrected chi connectivity index (χ4v) is 7.51. The monoisotopic (exact) mass is 716 g/mol. The number of hydrogen-bond donors (Lipinski definition) is 2. The third-order valence-electron chi connectivity index (χ3n) is 10.1. The van der Waals surface area contributed by atoms with E-state index in [1.54, 1.807) is 29.4 Å². The minimum Gasteiger partial charge on any atom is -0.445 e. The molecule has 274 valence electrons. The normalized spacial score (nSPS) is 17.7. The van der Waals surface area contributed by atoms with Crippen LogP contribution in [0.1, 0.15) is 63.0 Å². The summed E-state index contributed by atoms with van der Waals surface area (Å²) in [6, 6.07) is 21.7. The summed E-state index contributed by atoms with van der Waals surface area (Å²) >= 11 is 0. The molecule has 2 fully saturated rings. The average Bonchev–Trinajstić information content (AvgIpc) is 3.17. The minimum absolute atomic E-state index is 0.0843. The van der Waals surface area contributed by atoms with Crippen LogP contribution in [0, 0.1) is 24.6 Å². The largest absolute Gasteiger partial charge is 0.445 e. The van der Waals surface area contributed by atoms with Crippen molar-refractivity contribution in [1.29, 1.82) is 0 Å². The molecule has 0 bridgehead atoms. The van der Waals surface area contributed by atoms with Gasteiger partial charge in [0.15, 0.2) is 0 Å². The van der Waals surface area contributed by atoms with Crippen molar-refractivity contribution in [2.75, 3.05) is 23.7 Å². The number of benzene rings is 3. The third kappa shape index (κ3) is 8.73. The number of pyridine rings is 1. The highest BCUT2D eigenvalue weighted by molar-refractivity contribution is 6.05. The molecule has 53 heavy (non-hydrogen) atoms. The molecule has 1 aliphatic heterocycles. The molecule has 2 amide bonds. The van der Waals surface area contributed by atoms with Crippen LogP contribution in [0.2, 0.25) is 0 Å².